The first-order chi connectivity index (χ1) is 10.1. The number of ether oxygens (including phenoxy) is 1. The van der Waals surface area contributed by atoms with Crippen LogP contribution in [0.25, 0.3) is 0 Å². The van der Waals surface area contributed by atoms with Crippen molar-refractivity contribution in [2.75, 3.05) is 11.9 Å². The second-order valence-electron chi connectivity index (χ2n) is 4.94. The molecule has 21 heavy (non-hydrogen) atoms. The van der Waals surface area contributed by atoms with E-state index in [1.54, 1.807) is 0 Å². The van der Waals surface area contributed by atoms with Crippen molar-refractivity contribution in [3.8, 4) is 5.88 Å². The third-order valence-corrected chi connectivity index (χ3v) is 3.53. The summed E-state index contributed by atoms with van der Waals surface area (Å²) >= 11 is 3.44. The van der Waals surface area contributed by atoms with Crippen LogP contribution in [-0.4, -0.2) is 16.6 Å². The highest BCUT2D eigenvalue weighted by atomic mass is 79.9. The molecule has 0 aliphatic heterocycles. The highest BCUT2D eigenvalue weighted by Crippen LogP contribution is 2.21. The largest absolute Gasteiger partial charge is 0.478 e. The lowest BCUT2D eigenvalue weighted by molar-refractivity contribution is 0.305. The number of halogens is 1. The Morgan fingerprint density at radius 3 is 2.62 bits per heavy atom. The Morgan fingerprint density at radius 2 is 1.95 bits per heavy atom. The molecular formula is C16H20BrN3O. The fraction of sp³-hybridized carbons (Fsp3) is 0.375. The first-order valence-corrected chi connectivity index (χ1v) is 7.88. The van der Waals surface area contributed by atoms with Gasteiger partial charge in [-0.2, -0.15) is 4.98 Å². The Labute approximate surface area is 134 Å². The lowest BCUT2D eigenvalue weighted by Gasteiger charge is -2.15. The van der Waals surface area contributed by atoms with Gasteiger partial charge in [-0.05, 0) is 38.0 Å². The predicted molar refractivity (Wildman–Crippen MR) is 88.7 cm³/mol. The van der Waals surface area contributed by atoms with E-state index >= 15 is 0 Å². The van der Waals surface area contributed by atoms with Crippen molar-refractivity contribution < 1.29 is 4.74 Å². The molecule has 0 spiro atoms. The SMILES string of the molecule is CCCOc1cc(C)nc(NC(C)c2ccc(Br)cc2)n1. The fourth-order valence-electron chi connectivity index (χ4n) is 1.91. The van der Waals surface area contributed by atoms with E-state index in [0.717, 1.165) is 16.6 Å². The van der Waals surface area contributed by atoms with Gasteiger partial charge in [0.1, 0.15) is 0 Å². The van der Waals surface area contributed by atoms with Crippen molar-refractivity contribution in [2.45, 2.75) is 33.2 Å². The number of nitrogens with one attached hydrogen (secondary N) is 1. The van der Waals surface area contributed by atoms with Gasteiger partial charge in [0.05, 0.1) is 12.6 Å². The molecule has 2 rings (SSSR count). The van der Waals surface area contributed by atoms with Gasteiger partial charge < -0.3 is 10.1 Å². The van der Waals surface area contributed by atoms with Gasteiger partial charge in [0.25, 0.3) is 0 Å². The van der Waals surface area contributed by atoms with Crippen LogP contribution < -0.4 is 10.1 Å². The minimum Gasteiger partial charge on any atom is -0.478 e. The highest BCUT2D eigenvalue weighted by molar-refractivity contribution is 9.10. The Morgan fingerprint density at radius 1 is 1.24 bits per heavy atom. The maximum atomic E-state index is 5.58. The number of benzene rings is 1. The third kappa shape index (κ3) is 4.70. The number of anilines is 1. The van der Waals surface area contributed by atoms with Crippen LogP contribution in [0.1, 0.15) is 37.6 Å². The van der Waals surface area contributed by atoms with Crippen LogP contribution in [0.15, 0.2) is 34.8 Å². The molecule has 0 saturated carbocycles. The fourth-order valence-corrected chi connectivity index (χ4v) is 2.18. The van der Waals surface area contributed by atoms with Crippen LogP contribution >= 0.6 is 15.9 Å². The molecule has 0 saturated heterocycles. The van der Waals surface area contributed by atoms with Gasteiger partial charge >= 0.3 is 0 Å². The van der Waals surface area contributed by atoms with Gasteiger partial charge in [-0.15, -0.1) is 0 Å². The van der Waals surface area contributed by atoms with Gasteiger partial charge in [-0.25, -0.2) is 4.98 Å². The van der Waals surface area contributed by atoms with Crippen molar-refractivity contribution in [1.29, 1.82) is 0 Å². The molecule has 5 heteroatoms. The summed E-state index contributed by atoms with van der Waals surface area (Å²) in [6.07, 6.45) is 0.959. The van der Waals surface area contributed by atoms with Crippen LogP contribution in [0.4, 0.5) is 5.95 Å². The van der Waals surface area contributed by atoms with Gasteiger partial charge in [0.15, 0.2) is 0 Å². The van der Waals surface area contributed by atoms with E-state index in [2.05, 4.69) is 57.2 Å². The normalized spacial score (nSPS) is 12.0. The van der Waals surface area contributed by atoms with E-state index in [0.29, 0.717) is 18.4 Å². The summed E-state index contributed by atoms with van der Waals surface area (Å²) in [5.74, 6) is 1.21. The molecule has 1 atom stereocenters. The van der Waals surface area contributed by atoms with E-state index in [4.69, 9.17) is 4.74 Å². The van der Waals surface area contributed by atoms with E-state index in [1.807, 2.05) is 25.1 Å². The quantitative estimate of drug-likeness (QED) is 0.833. The molecule has 1 N–H and O–H groups in total. The average Bonchev–Trinajstić information content (AvgIpc) is 2.45. The first-order valence-electron chi connectivity index (χ1n) is 7.09. The van der Waals surface area contributed by atoms with Gasteiger partial charge in [-0.3, -0.25) is 0 Å². The zero-order valence-electron chi connectivity index (χ0n) is 12.6. The molecule has 0 aliphatic carbocycles. The molecule has 112 valence electrons. The smallest absolute Gasteiger partial charge is 0.226 e. The van der Waals surface area contributed by atoms with E-state index < -0.39 is 0 Å². The van der Waals surface area contributed by atoms with Crippen LogP contribution in [0.3, 0.4) is 0 Å². The summed E-state index contributed by atoms with van der Waals surface area (Å²) in [7, 11) is 0. The minimum absolute atomic E-state index is 0.124. The lowest BCUT2D eigenvalue weighted by atomic mass is 10.1. The number of hydrogen-bond donors (Lipinski definition) is 1. The molecule has 1 unspecified atom stereocenters. The molecule has 0 fully saturated rings. The van der Waals surface area contributed by atoms with Gasteiger partial charge in [-0.1, -0.05) is 35.0 Å². The highest BCUT2D eigenvalue weighted by Gasteiger charge is 2.09. The minimum atomic E-state index is 0.124. The Bertz CT molecular complexity index is 587. The molecule has 0 amide bonds. The summed E-state index contributed by atoms with van der Waals surface area (Å²) < 4.78 is 6.65. The van der Waals surface area contributed by atoms with Crippen molar-refractivity contribution in [3.63, 3.8) is 0 Å². The molecular weight excluding hydrogens is 330 g/mol. The maximum absolute atomic E-state index is 5.58. The molecule has 0 radical (unpaired) electrons. The monoisotopic (exact) mass is 349 g/mol. The first kappa shape index (κ1) is 15.8. The molecule has 1 aromatic carbocycles. The average molecular weight is 350 g/mol. The van der Waals surface area contributed by atoms with E-state index in [9.17, 15) is 0 Å². The molecule has 0 bridgehead atoms. The van der Waals surface area contributed by atoms with E-state index in [1.165, 1.54) is 5.56 Å². The number of aryl methyl sites for hydroxylation is 1. The van der Waals surface area contributed by atoms with E-state index in [-0.39, 0.29) is 6.04 Å². The second-order valence-corrected chi connectivity index (χ2v) is 5.85. The lowest BCUT2D eigenvalue weighted by Crippen LogP contribution is -2.11. The summed E-state index contributed by atoms with van der Waals surface area (Å²) in [5, 5.41) is 3.32. The van der Waals surface area contributed by atoms with Crippen molar-refractivity contribution in [2.24, 2.45) is 0 Å². The van der Waals surface area contributed by atoms with Crippen molar-refractivity contribution >= 4 is 21.9 Å². The molecule has 1 heterocycles. The summed E-state index contributed by atoms with van der Waals surface area (Å²) in [6, 6.07) is 10.2. The Kier molecular flexibility index (Phi) is 5.56. The number of rotatable bonds is 6. The molecule has 1 aromatic heterocycles. The summed E-state index contributed by atoms with van der Waals surface area (Å²) in [5.41, 5.74) is 2.07. The van der Waals surface area contributed by atoms with Crippen LogP contribution in [-0.2, 0) is 0 Å². The zero-order chi connectivity index (χ0) is 15.2. The summed E-state index contributed by atoms with van der Waals surface area (Å²) in [4.78, 5) is 8.81. The third-order valence-electron chi connectivity index (χ3n) is 3.00. The topological polar surface area (TPSA) is 47.0 Å². The Balaban J connectivity index is 2.10. The van der Waals surface area contributed by atoms with Gasteiger partial charge in [0, 0.05) is 16.2 Å². The van der Waals surface area contributed by atoms with Gasteiger partial charge in [0.2, 0.25) is 11.8 Å². The molecule has 4 nitrogen and oxygen atoms in total. The Hall–Kier alpha value is -1.62. The van der Waals surface area contributed by atoms with Crippen LogP contribution in [0.2, 0.25) is 0 Å². The zero-order valence-corrected chi connectivity index (χ0v) is 14.1. The van der Waals surface area contributed by atoms with Crippen molar-refractivity contribution in [3.05, 3.63) is 46.1 Å². The second kappa shape index (κ2) is 7.41. The van der Waals surface area contributed by atoms with Crippen molar-refractivity contribution in [1.82, 2.24) is 9.97 Å². The predicted octanol–water partition coefficient (Wildman–Crippen LogP) is 4.51. The van der Waals surface area contributed by atoms with Crippen LogP contribution in [0.5, 0.6) is 5.88 Å². The molecule has 2 aromatic rings. The maximum Gasteiger partial charge on any atom is 0.226 e. The molecule has 0 aliphatic rings. The summed E-state index contributed by atoms with van der Waals surface area (Å²) in [6.45, 7) is 6.76. The number of hydrogen-bond acceptors (Lipinski definition) is 4. The standard InChI is InChI=1S/C16H20BrN3O/c1-4-9-21-15-10-11(2)18-16(20-15)19-12(3)13-5-7-14(17)8-6-13/h5-8,10,12H,4,9H2,1-3H3,(H,18,19,20). The van der Waals surface area contributed by atoms with Crippen LogP contribution in [0, 0.1) is 6.92 Å². The number of nitrogens with zero attached hydrogens (tertiary/aromatic N) is 2. The number of aromatic nitrogens is 2.